The second-order valence-electron chi connectivity index (χ2n) is 5.36. The van der Waals surface area contributed by atoms with Crippen molar-refractivity contribution < 1.29 is 4.79 Å². The highest BCUT2D eigenvalue weighted by molar-refractivity contribution is 6.30. The molecule has 0 aliphatic carbocycles. The summed E-state index contributed by atoms with van der Waals surface area (Å²) in [6, 6.07) is 11.0. The van der Waals surface area contributed by atoms with Crippen LogP contribution in [-0.2, 0) is 0 Å². The number of carbonyl (C=O) groups excluding carboxylic acids is 1. The second kappa shape index (κ2) is 7.27. The maximum Gasteiger partial charge on any atom is 0.253 e. The van der Waals surface area contributed by atoms with E-state index in [1.165, 1.54) is 0 Å². The van der Waals surface area contributed by atoms with Gasteiger partial charge in [0.1, 0.15) is 12.1 Å². The quantitative estimate of drug-likeness (QED) is 0.768. The Labute approximate surface area is 145 Å². The topological polar surface area (TPSA) is 59.8 Å². The SMILES string of the molecule is CCC(NC(=O)c1ccc(-n2ccnc2)nc1)c1ccc(Cl)cc1. The van der Waals surface area contributed by atoms with E-state index in [4.69, 9.17) is 11.6 Å². The van der Waals surface area contributed by atoms with E-state index in [0.29, 0.717) is 16.4 Å². The first kappa shape index (κ1) is 16.2. The third kappa shape index (κ3) is 3.63. The number of nitrogens with zero attached hydrogens (tertiary/aromatic N) is 3. The van der Waals surface area contributed by atoms with Gasteiger partial charge in [-0.2, -0.15) is 0 Å². The van der Waals surface area contributed by atoms with Crippen LogP contribution in [0, 0.1) is 0 Å². The lowest BCUT2D eigenvalue weighted by Crippen LogP contribution is -2.28. The summed E-state index contributed by atoms with van der Waals surface area (Å²) in [4.78, 5) is 20.7. The molecule has 0 spiro atoms. The van der Waals surface area contributed by atoms with Gasteiger partial charge >= 0.3 is 0 Å². The first-order chi connectivity index (χ1) is 11.7. The van der Waals surface area contributed by atoms with Gasteiger partial charge in [0.25, 0.3) is 5.91 Å². The van der Waals surface area contributed by atoms with Crippen LogP contribution in [0.1, 0.15) is 35.3 Å². The Bertz CT molecular complexity index is 798. The molecule has 0 aliphatic rings. The van der Waals surface area contributed by atoms with E-state index in [0.717, 1.165) is 12.0 Å². The van der Waals surface area contributed by atoms with Gasteiger partial charge in [0.05, 0.1) is 11.6 Å². The highest BCUT2D eigenvalue weighted by atomic mass is 35.5. The molecule has 1 N–H and O–H groups in total. The summed E-state index contributed by atoms with van der Waals surface area (Å²) in [7, 11) is 0. The summed E-state index contributed by atoms with van der Waals surface area (Å²) in [6.45, 7) is 2.03. The van der Waals surface area contributed by atoms with Crippen LogP contribution in [0.5, 0.6) is 0 Å². The van der Waals surface area contributed by atoms with Crippen molar-refractivity contribution in [1.82, 2.24) is 19.9 Å². The van der Waals surface area contributed by atoms with Gasteiger partial charge in [-0.3, -0.25) is 9.36 Å². The summed E-state index contributed by atoms with van der Waals surface area (Å²) in [5, 5.41) is 3.71. The third-order valence-electron chi connectivity index (χ3n) is 3.76. The highest BCUT2D eigenvalue weighted by Gasteiger charge is 2.14. The maximum atomic E-state index is 12.5. The van der Waals surface area contributed by atoms with E-state index < -0.39 is 0 Å². The first-order valence-electron chi connectivity index (χ1n) is 7.68. The van der Waals surface area contributed by atoms with Crippen LogP contribution in [0.2, 0.25) is 5.02 Å². The van der Waals surface area contributed by atoms with E-state index in [-0.39, 0.29) is 11.9 Å². The van der Waals surface area contributed by atoms with Gasteiger partial charge in [-0.05, 0) is 36.2 Å². The average Bonchev–Trinajstić information content (AvgIpc) is 3.15. The van der Waals surface area contributed by atoms with Crippen molar-refractivity contribution in [2.24, 2.45) is 0 Å². The Morgan fingerprint density at radius 3 is 2.62 bits per heavy atom. The lowest BCUT2D eigenvalue weighted by Gasteiger charge is -2.17. The Hall–Kier alpha value is -2.66. The van der Waals surface area contributed by atoms with Crippen LogP contribution in [0.25, 0.3) is 5.82 Å². The molecule has 0 fully saturated rings. The lowest BCUT2D eigenvalue weighted by molar-refractivity contribution is 0.0935. The predicted molar refractivity (Wildman–Crippen MR) is 93.3 cm³/mol. The van der Waals surface area contributed by atoms with Crippen molar-refractivity contribution in [2.75, 3.05) is 0 Å². The summed E-state index contributed by atoms with van der Waals surface area (Å²) < 4.78 is 1.78. The van der Waals surface area contributed by atoms with E-state index in [1.54, 1.807) is 41.6 Å². The van der Waals surface area contributed by atoms with Crippen LogP contribution in [0.3, 0.4) is 0 Å². The molecule has 0 bridgehead atoms. The van der Waals surface area contributed by atoms with Gasteiger partial charge in [-0.25, -0.2) is 9.97 Å². The number of hydrogen-bond donors (Lipinski definition) is 1. The molecule has 1 unspecified atom stereocenters. The fourth-order valence-electron chi connectivity index (χ4n) is 2.43. The standard InChI is InChI=1S/C18H17ClN4O/c1-2-16(13-3-6-15(19)7-4-13)22-18(24)14-5-8-17(21-11-14)23-10-9-20-12-23/h3-12,16H,2H2,1H3,(H,22,24). The zero-order valence-corrected chi connectivity index (χ0v) is 13.9. The molecular weight excluding hydrogens is 324 g/mol. The van der Waals surface area contributed by atoms with Crippen molar-refractivity contribution in [1.29, 1.82) is 0 Å². The second-order valence-corrected chi connectivity index (χ2v) is 5.80. The van der Waals surface area contributed by atoms with Gasteiger partial charge in [-0.15, -0.1) is 0 Å². The molecule has 3 aromatic rings. The molecule has 24 heavy (non-hydrogen) atoms. The molecule has 1 amide bonds. The van der Waals surface area contributed by atoms with Crippen molar-refractivity contribution in [3.8, 4) is 5.82 Å². The van der Waals surface area contributed by atoms with E-state index >= 15 is 0 Å². The smallest absolute Gasteiger partial charge is 0.253 e. The predicted octanol–water partition coefficient (Wildman–Crippen LogP) is 3.80. The van der Waals surface area contributed by atoms with Gasteiger partial charge < -0.3 is 5.32 Å². The van der Waals surface area contributed by atoms with E-state index in [9.17, 15) is 4.79 Å². The fraction of sp³-hybridized carbons (Fsp3) is 0.167. The van der Waals surface area contributed by atoms with Gasteiger partial charge in [0, 0.05) is 23.6 Å². The van der Waals surface area contributed by atoms with Crippen LogP contribution < -0.4 is 5.32 Å². The summed E-state index contributed by atoms with van der Waals surface area (Å²) in [6.07, 6.45) is 7.50. The molecule has 122 valence electrons. The molecular formula is C18H17ClN4O. The van der Waals surface area contributed by atoms with Crippen LogP contribution in [0.4, 0.5) is 0 Å². The molecule has 1 aromatic carbocycles. The maximum absolute atomic E-state index is 12.5. The van der Waals surface area contributed by atoms with Crippen LogP contribution >= 0.6 is 11.6 Å². The highest BCUT2D eigenvalue weighted by Crippen LogP contribution is 2.19. The Balaban J connectivity index is 1.72. The first-order valence-corrected chi connectivity index (χ1v) is 8.06. The van der Waals surface area contributed by atoms with E-state index in [1.807, 2.05) is 31.2 Å². The summed E-state index contributed by atoms with van der Waals surface area (Å²) in [5.41, 5.74) is 1.55. The minimum absolute atomic E-state index is 0.0666. The monoisotopic (exact) mass is 340 g/mol. The molecule has 0 aliphatic heterocycles. The number of hydrogen-bond acceptors (Lipinski definition) is 3. The molecule has 0 saturated carbocycles. The number of halogens is 1. The fourth-order valence-corrected chi connectivity index (χ4v) is 2.55. The number of rotatable bonds is 5. The van der Waals surface area contributed by atoms with Crippen molar-refractivity contribution in [3.05, 3.63) is 77.5 Å². The van der Waals surface area contributed by atoms with Gasteiger partial charge in [0.2, 0.25) is 0 Å². The molecule has 0 saturated heterocycles. The molecule has 2 aromatic heterocycles. The van der Waals surface area contributed by atoms with Crippen molar-refractivity contribution in [3.63, 3.8) is 0 Å². The third-order valence-corrected chi connectivity index (χ3v) is 4.02. The molecule has 6 heteroatoms. The molecule has 2 heterocycles. The number of nitrogens with one attached hydrogen (secondary N) is 1. The zero-order chi connectivity index (χ0) is 16.9. The summed E-state index contributed by atoms with van der Waals surface area (Å²) in [5.74, 6) is 0.565. The Morgan fingerprint density at radius 1 is 1.25 bits per heavy atom. The number of aromatic nitrogens is 3. The zero-order valence-electron chi connectivity index (χ0n) is 13.2. The average molecular weight is 341 g/mol. The number of amides is 1. The Morgan fingerprint density at radius 2 is 2.04 bits per heavy atom. The van der Waals surface area contributed by atoms with Gasteiger partial charge in [-0.1, -0.05) is 30.7 Å². The largest absolute Gasteiger partial charge is 0.345 e. The summed E-state index contributed by atoms with van der Waals surface area (Å²) >= 11 is 5.92. The lowest BCUT2D eigenvalue weighted by atomic mass is 10.0. The van der Waals surface area contributed by atoms with Gasteiger partial charge in [0.15, 0.2) is 0 Å². The normalized spacial score (nSPS) is 11.9. The molecule has 0 radical (unpaired) electrons. The number of imidazole rings is 1. The molecule has 1 atom stereocenters. The number of benzene rings is 1. The van der Waals surface area contributed by atoms with Crippen LogP contribution in [-0.4, -0.2) is 20.4 Å². The van der Waals surface area contributed by atoms with Crippen LogP contribution in [0.15, 0.2) is 61.3 Å². The molecule has 3 rings (SSSR count). The Kier molecular flexibility index (Phi) is 4.91. The van der Waals surface area contributed by atoms with Crippen molar-refractivity contribution >= 4 is 17.5 Å². The minimum atomic E-state index is -0.151. The van der Waals surface area contributed by atoms with E-state index in [2.05, 4.69) is 15.3 Å². The van der Waals surface area contributed by atoms with Crippen molar-refractivity contribution in [2.45, 2.75) is 19.4 Å². The molecule has 5 nitrogen and oxygen atoms in total. The minimum Gasteiger partial charge on any atom is -0.345 e. The number of pyridine rings is 1. The number of carbonyl (C=O) groups is 1.